The average Bonchev–Trinajstić information content (AvgIpc) is 2.53. The van der Waals surface area contributed by atoms with Crippen molar-refractivity contribution in [3.8, 4) is 11.3 Å². The fourth-order valence-corrected chi connectivity index (χ4v) is 1.12. The normalized spacial score (nSPS) is 10.3. The molecule has 1 aromatic carbocycles. The minimum absolute atomic E-state index is 0.429. The Morgan fingerprint density at radius 1 is 1.08 bits per heavy atom. The Balaban J connectivity index is 2.53. The van der Waals surface area contributed by atoms with Gasteiger partial charge in [-0.15, -0.1) is 0 Å². The first-order chi connectivity index (χ1) is 6.25. The number of nitrogens with one attached hydrogen (secondary N) is 1. The van der Waals surface area contributed by atoms with Crippen LogP contribution in [-0.2, 0) is 0 Å². The summed E-state index contributed by atoms with van der Waals surface area (Å²) in [5.74, 6) is -1.20. The van der Waals surface area contributed by atoms with Crippen molar-refractivity contribution in [1.29, 1.82) is 0 Å². The van der Waals surface area contributed by atoms with Crippen LogP contribution in [0.3, 0.4) is 0 Å². The number of H-pyrrole nitrogens is 1. The Kier molecular flexibility index (Phi) is 1.81. The van der Waals surface area contributed by atoms with Crippen LogP contribution in [0.1, 0.15) is 0 Å². The summed E-state index contributed by atoms with van der Waals surface area (Å²) in [6.07, 6.45) is 1.60. The van der Waals surface area contributed by atoms with Gasteiger partial charge in [-0.05, 0) is 18.2 Å². The number of halogens is 2. The molecule has 0 atom stereocenters. The van der Waals surface area contributed by atoms with E-state index in [0.29, 0.717) is 11.3 Å². The number of aromatic nitrogens is 2. The maximum atomic E-state index is 12.7. The van der Waals surface area contributed by atoms with Crippen molar-refractivity contribution < 1.29 is 8.78 Å². The van der Waals surface area contributed by atoms with E-state index in [1.165, 1.54) is 12.1 Å². The minimum atomic E-state index is -0.599. The maximum absolute atomic E-state index is 12.7. The predicted octanol–water partition coefficient (Wildman–Crippen LogP) is 2.35. The van der Waals surface area contributed by atoms with Crippen LogP contribution in [0, 0.1) is 11.6 Å². The van der Waals surface area contributed by atoms with Gasteiger partial charge in [0, 0.05) is 17.8 Å². The summed E-state index contributed by atoms with van der Waals surface area (Å²) in [5, 5.41) is 6.38. The highest BCUT2D eigenvalue weighted by molar-refractivity contribution is 5.58. The summed E-state index contributed by atoms with van der Waals surface area (Å²) in [7, 11) is 0. The van der Waals surface area contributed by atoms with Crippen molar-refractivity contribution in [2.45, 2.75) is 0 Å². The molecule has 13 heavy (non-hydrogen) atoms. The lowest BCUT2D eigenvalue weighted by Gasteiger charge is -1.96. The van der Waals surface area contributed by atoms with Crippen LogP contribution in [-0.4, -0.2) is 10.2 Å². The highest BCUT2D eigenvalue weighted by Crippen LogP contribution is 2.18. The van der Waals surface area contributed by atoms with Crippen molar-refractivity contribution in [2.75, 3.05) is 0 Å². The summed E-state index contributed by atoms with van der Waals surface area (Å²) >= 11 is 0. The first-order valence-electron chi connectivity index (χ1n) is 3.72. The molecule has 2 nitrogen and oxygen atoms in total. The van der Waals surface area contributed by atoms with E-state index in [4.69, 9.17) is 0 Å². The third kappa shape index (κ3) is 1.56. The molecule has 0 aliphatic carbocycles. The van der Waals surface area contributed by atoms with Gasteiger partial charge >= 0.3 is 0 Å². The quantitative estimate of drug-likeness (QED) is 0.716. The molecule has 0 aliphatic rings. The molecule has 4 heteroatoms. The monoisotopic (exact) mass is 180 g/mol. The average molecular weight is 180 g/mol. The van der Waals surface area contributed by atoms with Crippen molar-refractivity contribution in [2.24, 2.45) is 0 Å². The Morgan fingerprint density at radius 3 is 2.31 bits per heavy atom. The molecular formula is C9H6F2N2. The summed E-state index contributed by atoms with van der Waals surface area (Å²) in [5.41, 5.74) is 0.956. The molecule has 0 spiro atoms. The van der Waals surface area contributed by atoms with Gasteiger partial charge in [-0.3, -0.25) is 5.10 Å². The van der Waals surface area contributed by atoms with Crippen LogP contribution in [0.5, 0.6) is 0 Å². The van der Waals surface area contributed by atoms with Crippen LogP contribution in [0.15, 0.2) is 30.5 Å². The largest absolute Gasteiger partial charge is 0.285 e. The molecule has 0 amide bonds. The molecule has 2 aromatic rings. The van der Waals surface area contributed by atoms with E-state index < -0.39 is 11.6 Å². The van der Waals surface area contributed by atoms with Gasteiger partial charge in [-0.25, -0.2) is 8.78 Å². The maximum Gasteiger partial charge on any atom is 0.126 e. The zero-order valence-corrected chi connectivity index (χ0v) is 6.59. The second kappa shape index (κ2) is 2.97. The van der Waals surface area contributed by atoms with E-state index in [0.717, 1.165) is 6.07 Å². The lowest BCUT2D eigenvalue weighted by Crippen LogP contribution is -1.84. The van der Waals surface area contributed by atoms with Crippen molar-refractivity contribution >= 4 is 0 Å². The van der Waals surface area contributed by atoms with Gasteiger partial charge in [0.25, 0.3) is 0 Å². The van der Waals surface area contributed by atoms with Crippen molar-refractivity contribution in [1.82, 2.24) is 10.2 Å². The Morgan fingerprint density at radius 2 is 1.77 bits per heavy atom. The lowest BCUT2D eigenvalue weighted by atomic mass is 10.1. The summed E-state index contributed by atoms with van der Waals surface area (Å²) in [4.78, 5) is 0. The summed E-state index contributed by atoms with van der Waals surface area (Å²) in [6, 6.07) is 4.95. The number of hydrogen-bond acceptors (Lipinski definition) is 1. The van der Waals surface area contributed by atoms with E-state index in [1.807, 2.05) is 0 Å². The molecule has 0 aliphatic heterocycles. The van der Waals surface area contributed by atoms with Crippen molar-refractivity contribution in [3.05, 3.63) is 42.1 Å². The second-order valence-corrected chi connectivity index (χ2v) is 2.62. The Hall–Kier alpha value is -1.71. The van der Waals surface area contributed by atoms with Gasteiger partial charge in [-0.1, -0.05) is 0 Å². The number of hydrogen-bond donors (Lipinski definition) is 1. The standard InChI is InChI=1S/C9H6F2N2/c10-7-3-6(4-8(11)5-7)9-1-2-12-13-9/h1-5H,(H,12,13). The molecule has 1 N–H and O–H groups in total. The molecule has 0 bridgehead atoms. The minimum Gasteiger partial charge on any atom is -0.285 e. The lowest BCUT2D eigenvalue weighted by molar-refractivity contribution is 0.584. The molecule has 0 saturated heterocycles. The van der Waals surface area contributed by atoms with Crippen molar-refractivity contribution in [3.63, 3.8) is 0 Å². The SMILES string of the molecule is Fc1cc(F)cc(-c2cc[nH]n2)c1. The van der Waals surface area contributed by atoms with Gasteiger partial charge < -0.3 is 0 Å². The molecule has 0 saturated carbocycles. The number of aromatic amines is 1. The Labute approximate surface area is 73.2 Å². The number of nitrogens with zero attached hydrogens (tertiary/aromatic N) is 1. The van der Waals surface area contributed by atoms with Gasteiger partial charge in [0.15, 0.2) is 0 Å². The van der Waals surface area contributed by atoms with E-state index in [2.05, 4.69) is 10.2 Å². The number of benzene rings is 1. The van der Waals surface area contributed by atoms with Crippen LogP contribution in [0.25, 0.3) is 11.3 Å². The molecule has 0 unspecified atom stereocenters. The molecule has 66 valence electrons. The van der Waals surface area contributed by atoms with E-state index in [1.54, 1.807) is 12.3 Å². The fraction of sp³-hybridized carbons (Fsp3) is 0. The van der Waals surface area contributed by atoms with E-state index in [-0.39, 0.29) is 0 Å². The van der Waals surface area contributed by atoms with Gasteiger partial charge in [0.1, 0.15) is 11.6 Å². The van der Waals surface area contributed by atoms with E-state index >= 15 is 0 Å². The van der Waals surface area contributed by atoms with Gasteiger partial charge in [-0.2, -0.15) is 5.10 Å². The molecule has 0 radical (unpaired) electrons. The fourth-order valence-electron chi connectivity index (χ4n) is 1.12. The molecule has 2 rings (SSSR count). The first-order valence-corrected chi connectivity index (χ1v) is 3.72. The summed E-state index contributed by atoms with van der Waals surface area (Å²) < 4.78 is 25.5. The van der Waals surface area contributed by atoms with Crippen LogP contribution >= 0.6 is 0 Å². The highest BCUT2D eigenvalue weighted by atomic mass is 19.1. The zero-order valence-electron chi connectivity index (χ0n) is 6.59. The van der Waals surface area contributed by atoms with Crippen LogP contribution < -0.4 is 0 Å². The first kappa shape index (κ1) is 7.91. The molecular weight excluding hydrogens is 174 g/mol. The Bertz CT molecular complexity index is 389. The third-order valence-electron chi connectivity index (χ3n) is 1.66. The van der Waals surface area contributed by atoms with Gasteiger partial charge in [0.05, 0.1) is 5.69 Å². The van der Waals surface area contributed by atoms with E-state index in [9.17, 15) is 8.78 Å². The smallest absolute Gasteiger partial charge is 0.126 e. The van der Waals surface area contributed by atoms with Crippen LogP contribution in [0.4, 0.5) is 8.78 Å². The predicted molar refractivity (Wildman–Crippen MR) is 43.9 cm³/mol. The molecule has 1 aromatic heterocycles. The van der Waals surface area contributed by atoms with Gasteiger partial charge in [0.2, 0.25) is 0 Å². The highest BCUT2D eigenvalue weighted by Gasteiger charge is 2.03. The molecule has 1 heterocycles. The number of rotatable bonds is 1. The zero-order chi connectivity index (χ0) is 9.26. The third-order valence-corrected chi connectivity index (χ3v) is 1.66. The molecule has 0 fully saturated rings. The second-order valence-electron chi connectivity index (χ2n) is 2.62. The topological polar surface area (TPSA) is 28.7 Å². The summed E-state index contributed by atoms with van der Waals surface area (Å²) in [6.45, 7) is 0. The van der Waals surface area contributed by atoms with Crippen LogP contribution in [0.2, 0.25) is 0 Å².